The largest absolute Gasteiger partial charge is 0.522 e. The standard InChI is InChI=1S/C9H15F3N2O2/c10-9(11,12)16-4-3-13-2-1-7-5-8(15)6-14-7/h7,13-14H,1-6H2. The van der Waals surface area contributed by atoms with Gasteiger partial charge < -0.3 is 10.6 Å². The summed E-state index contributed by atoms with van der Waals surface area (Å²) in [6, 6.07) is 0.156. The Labute approximate surface area is 91.5 Å². The molecular weight excluding hydrogens is 225 g/mol. The van der Waals surface area contributed by atoms with Gasteiger partial charge in [-0.15, -0.1) is 13.2 Å². The van der Waals surface area contributed by atoms with E-state index in [9.17, 15) is 18.0 Å². The molecule has 0 aromatic rings. The summed E-state index contributed by atoms with van der Waals surface area (Å²) in [4.78, 5) is 10.9. The number of ketones is 1. The fourth-order valence-corrected chi connectivity index (χ4v) is 1.52. The average molecular weight is 240 g/mol. The maximum Gasteiger partial charge on any atom is 0.522 e. The third-order valence-corrected chi connectivity index (χ3v) is 2.28. The van der Waals surface area contributed by atoms with Crippen LogP contribution in [-0.4, -0.2) is 44.4 Å². The summed E-state index contributed by atoms with van der Waals surface area (Å²) < 4.78 is 38.3. The Morgan fingerprint density at radius 3 is 2.75 bits per heavy atom. The zero-order chi connectivity index (χ0) is 12.0. The Morgan fingerprint density at radius 2 is 2.19 bits per heavy atom. The van der Waals surface area contributed by atoms with Crippen LogP contribution in [0.15, 0.2) is 0 Å². The zero-order valence-electron chi connectivity index (χ0n) is 8.77. The normalized spacial score (nSPS) is 21.7. The number of Topliss-reactive ketones (excluding diaryl/α,β-unsaturated/α-hetero) is 1. The monoisotopic (exact) mass is 240 g/mol. The topological polar surface area (TPSA) is 50.4 Å². The van der Waals surface area contributed by atoms with Gasteiger partial charge in [0, 0.05) is 19.0 Å². The lowest BCUT2D eigenvalue weighted by Gasteiger charge is -2.10. The number of carbonyl (C=O) groups excluding carboxylic acids is 1. The van der Waals surface area contributed by atoms with Crippen molar-refractivity contribution in [1.82, 2.24) is 10.6 Å². The smallest absolute Gasteiger partial charge is 0.314 e. The van der Waals surface area contributed by atoms with Gasteiger partial charge in [0.2, 0.25) is 0 Å². The molecule has 1 unspecified atom stereocenters. The molecule has 1 aliphatic rings. The van der Waals surface area contributed by atoms with Crippen LogP contribution in [0, 0.1) is 0 Å². The lowest BCUT2D eigenvalue weighted by Crippen LogP contribution is -2.29. The molecule has 1 saturated heterocycles. The molecule has 1 fully saturated rings. The third kappa shape index (κ3) is 6.04. The van der Waals surface area contributed by atoms with E-state index in [2.05, 4.69) is 15.4 Å². The van der Waals surface area contributed by atoms with Crippen LogP contribution in [0.25, 0.3) is 0 Å². The van der Waals surface area contributed by atoms with Crippen LogP contribution in [0.3, 0.4) is 0 Å². The Kier molecular flexibility index (Phi) is 5.17. The van der Waals surface area contributed by atoms with E-state index in [4.69, 9.17) is 0 Å². The van der Waals surface area contributed by atoms with E-state index in [-0.39, 0.29) is 25.0 Å². The van der Waals surface area contributed by atoms with Crippen LogP contribution < -0.4 is 10.6 Å². The molecule has 2 N–H and O–H groups in total. The van der Waals surface area contributed by atoms with Crippen LogP contribution in [0.2, 0.25) is 0 Å². The van der Waals surface area contributed by atoms with Gasteiger partial charge in [-0.05, 0) is 13.0 Å². The van der Waals surface area contributed by atoms with Gasteiger partial charge in [0.15, 0.2) is 0 Å². The number of alkyl halides is 3. The summed E-state index contributed by atoms with van der Waals surface area (Å²) in [5.74, 6) is 0.186. The predicted octanol–water partition coefficient (Wildman–Crippen LogP) is 0.433. The van der Waals surface area contributed by atoms with E-state index in [0.717, 1.165) is 6.42 Å². The first kappa shape index (κ1) is 13.4. The van der Waals surface area contributed by atoms with Crippen molar-refractivity contribution in [2.24, 2.45) is 0 Å². The second-order valence-corrected chi connectivity index (χ2v) is 3.65. The van der Waals surface area contributed by atoms with Gasteiger partial charge in [-0.1, -0.05) is 0 Å². The molecule has 1 aliphatic heterocycles. The van der Waals surface area contributed by atoms with E-state index < -0.39 is 6.36 Å². The summed E-state index contributed by atoms with van der Waals surface area (Å²) >= 11 is 0. The quantitative estimate of drug-likeness (QED) is 0.661. The fraction of sp³-hybridized carbons (Fsp3) is 0.889. The molecular formula is C9H15F3N2O2. The first-order valence-electron chi connectivity index (χ1n) is 5.14. The number of halogens is 3. The van der Waals surface area contributed by atoms with E-state index >= 15 is 0 Å². The van der Waals surface area contributed by atoms with Gasteiger partial charge in [0.05, 0.1) is 13.2 Å². The van der Waals surface area contributed by atoms with Gasteiger partial charge in [0.1, 0.15) is 5.78 Å². The lowest BCUT2D eigenvalue weighted by molar-refractivity contribution is -0.323. The summed E-state index contributed by atoms with van der Waals surface area (Å²) in [5, 5.41) is 5.84. The summed E-state index contributed by atoms with van der Waals surface area (Å²) in [6.07, 6.45) is -3.31. The van der Waals surface area contributed by atoms with Crippen molar-refractivity contribution < 1.29 is 22.7 Å². The van der Waals surface area contributed by atoms with Crippen LogP contribution in [0.1, 0.15) is 12.8 Å². The van der Waals surface area contributed by atoms with Crippen LogP contribution in [0.4, 0.5) is 13.2 Å². The molecule has 1 rings (SSSR count). The Morgan fingerprint density at radius 1 is 1.44 bits per heavy atom. The minimum atomic E-state index is -4.55. The molecule has 0 aromatic heterocycles. The van der Waals surface area contributed by atoms with Crippen molar-refractivity contribution in [3.05, 3.63) is 0 Å². The lowest BCUT2D eigenvalue weighted by atomic mass is 10.1. The molecule has 94 valence electrons. The number of hydrogen-bond donors (Lipinski definition) is 2. The summed E-state index contributed by atoms with van der Waals surface area (Å²) in [5.41, 5.74) is 0. The molecule has 7 heteroatoms. The number of hydrogen-bond acceptors (Lipinski definition) is 4. The molecule has 1 heterocycles. The molecule has 0 bridgehead atoms. The third-order valence-electron chi connectivity index (χ3n) is 2.28. The number of rotatable bonds is 6. The highest BCUT2D eigenvalue weighted by Gasteiger charge is 2.28. The second-order valence-electron chi connectivity index (χ2n) is 3.65. The average Bonchev–Trinajstić information content (AvgIpc) is 2.56. The van der Waals surface area contributed by atoms with Crippen LogP contribution in [0.5, 0.6) is 0 Å². The second kappa shape index (κ2) is 6.17. The molecule has 0 radical (unpaired) electrons. The molecule has 16 heavy (non-hydrogen) atoms. The maximum atomic E-state index is 11.6. The van der Waals surface area contributed by atoms with Crippen molar-refractivity contribution >= 4 is 5.78 Å². The van der Waals surface area contributed by atoms with Crippen LogP contribution >= 0.6 is 0 Å². The van der Waals surface area contributed by atoms with E-state index in [1.165, 1.54) is 0 Å². The number of ether oxygens (including phenoxy) is 1. The van der Waals surface area contributed by atoms with E-state index in [0.29, 0.717) is 19.5 Å². The Bertz CT molecular complexity index is 233. The van der Waals surface area contributed by atoms with Gasteiger partial charge in [-0.3, -0.25) is 9.53 Å². The molecule has 0 aliphatic carbocycles. The van der Waals surface area contributed by atoms with Gasteiger partial charge in [-0.2, -0.15) is 0 Å². The number of nitrogens with one attached hydrogen (secondary N) is 2. The predicted molar refractivity (Wildman–Crippen MR) is 50.9 cm³/mol. The fourth-order valence-electron chi connectivity index (χ4n) is 1.52. The molecule has 4 nitrogen and oxygen atoms in total. The molecule has 0 saturated carbocycles. The van der Waals surface area contributed by atoms with Crippen LogP contribution in [-0.2, 0) is 9.53 Å². The molecule has 0 spiro atoms. The molecule has 1 atom stereocenters. The van der Waals surface area contributed by atoms with E-state index in [1.54, 1.807) is 0 Å². The van der Waals surface area contributed by atoms with E-state index in [1.807, 2.05) is 0 Å². The highest BCUT2D eigenvalue weighted by atomic mass is 19.4. The summed E-state index contributed by atoms with van der Waals surface area (Å²) in [6.45, 7) is 0.745. The van der Waals surface area contributed by atoms with Crippen molar-refractivity contribution in [3.63, 3.8) is 0 Å². The minimum Gasteiger partial charge on any atom is -0.314 e. The van der Waals surface area contributed by atoms with Crippen molar-refractivity contribution in [2.45, 2.75) is 25.2 Å². The maximum absolute atomic E-state index is 11.6. The van der Waals surface area contributed by atoms with Crippen molar-refractivity contribution in [3.8, 4) is 0 Å². The van der Waals surface area contributed by atoms with Gasteiger partial charge >= 0.3 is 6.36 Å². The zero-order valence-corrected chi connectivity index (χ0v) is 8.77. The minimum absolute atomic E-state index is 0.153. The SMILES string of the molecule is O=C1CNC(CCNCCOC(F)(F)F)C1. The molecule has 0 aromatic carbocycles. The van der Waals surface area contributed by atoms with Gasteiger partial charge in [0.25, 0.3) is 0 Å². The highest BCUT2D eigenvalue weighted by Crippen LogP contribution is 2.15. The Hall–Kier alpha value is -0.660. The first-order valence-corrected chi connectivity index (χ1v) is 5.14. The first-order chi connectivity index (χ1) is 7.47. The molecule has 0 amide bonds. The van der Waals surface area contributed by atoms with Crippen molar-refractivity contribution in [1.29, 1.82) is 0 Å². The summed E-state index contributed by atoms with van der Waals surface area (Å²) in [7, 11) is 0. The van der Waals surface area contributed by atoms with Crippen molar-refractivity contribution in [2.75, 3.05) is 26.2 Å². The highest BCUT2D eigenvalue weighted by molar-refractivity contribution is 5.83. The number of carbonyl (C=O) groups is 1. The van der Waals surface area contributed by atoms with Gasteiger partial charge in [-0.25, -0.2) is 0 Å². The Balaban J connectivity index is 1.90.